The van der Waals surface area contributed by atoms with Crippen molar-refractivity contribution in [1.82, 2.24) is 9.97 Å². The molecule has 0 fully saturated rings. The number of oxime groups is 1. The van der Waals surface area contributed by atoms with Gasteiger partial charge in [-0.3, -0.25) is 0 Å². The standard InChI is InChI=1S/C13H14N4O2/c1-8-5-9(2)7-10(6-8)19-13-15-4-3-11(16-13)12(14)17-18/h3-7,18H,1-2H3,(H2,14,17). The van der Waals surface area contributed by atoms with Crippen molar-refractivity contribution in [3.8, 4) is 11.8 Å². The molecule has 1 aromatic heterocycles. The zero-order valence-corrected chi connectivity index (χ0v) is 10.7. The minimum absolute atomic E-state index is 0.0901. The molecule has 0 bridgehead atoms. The first-order valence-electron chi connectivity index (χ1n) is 5.65. The molecule has 0 saturated heterocycles. The number of hydrogen-bond donors (Lipinski definition) is 2. The Bertz CT molecular complexity index is 606. The van der Waals surface area contributed by atoms with Crippen LogP contribution in [-0.4, -0.2) is 21.0 Å². The quantitative estimate of drug-likeness (QED) is 0.380. The van der Waals surface area contributed by atoms with Crippen LogP contribution in [0.3, 0.4) is 0 Å². The number of hydrogen-bond acceptors (Lipinski definition) is 5. The molecule has 0 amide bonds. The lowest BCUT2D eigenvalue weighted by molar-refractivity contribution is 0.318. The number of amidine groups is 1. The average Bonchev–Trinajstić information content (AvgIpc) is 2.37. The topological polar surface area (TPSA) is 93.6 Å². The van der Waals surface area contributed by atoms with Crippen LogP contribution in [0.5, 0.6) is 11.8 Å². The van der Waals surface area contributed by atoms with Crippen molar-refractivity contribution in [2.24, 2.45) is 10.9 Å². The van der Waals surface area contributed by atoms with E-state index in [1.165, 1.54) is 12.3 Å². The lowest BCUT2D eigenvalue weighted by atomic mass is 10.1. The predicted octanol–water partition coefficient (Wildman–Crippen LogP) is 1.98. The number of nitrogens with two attached hydrogens (primary N) is 1. The minimum Gasteiger partial charge on any atom is -0.424 e. The Hall–Kier alpha value is -2.63. The molecule has 0 spiro atoms. The molecule has 1 heterocycles. The van der Waals surface area contributed by atoms with Crippen LogP contribution in [0.1, 0.15) is 16.8 Å². The van der Waals surface area contributed by atoms with Gasteiger partial charge < -0.3 is 15.7 Å². The average molecular weight is 258 g/mol. The third-order valence-electron chi connectivity index (χ3n) is 2.41. The summed E-state index contributed by atoms with van der Waals surface area (Å²) in [5.74, 6) is 0.557. The van der Waals surface area contributed by atoms with Crippen LogP contribution in [-0.2, 0) is 0 Å². The fraction of sp³-hybridized carbons (Fsp3) is 0.154. The number of nitrogens with zero attached hydrogens (tertiary/aromatic N) is 3. The van der Waals surface area contributed by atoms with Crippen molar-refractivity contribution in [1.29, 1.82) is 0 Å². The lowest BCUT2D eigenvalue weighted by Gasteiger charge is -2.06. The molecule has 2 rings (SSSR count). The van der Waals surface area contributed by atoms with Crippen LogP contribution in [0.25, 0.3) is 0 Å². The van der Waals surface area contributed by atoms with E-state index in [0.29, 0.717) is 11.4 Å². The SMILES string of the molecule is Cc1cc(C)cc(Oc2nccc(/C(N)=N/O)n2)c1. The van der Waals surface area contributed by atoms with Gasteiger partial charge in [0, 0.05) is 6.20 Å². The van der Waals surface area contributed by atoms with E-state index in [9.17, 15) is 0 Å². The molecule has 0 atom stereocenters. The summed E-state index contributed by atoms with van der Waals surface area (Å²) in [6.07, 6.45) is 1.48. The first kappa shape index (κ1) is 12.8. The number of ether oxygens (including phenoxy) is 1. The van der Waals surface area contributed by atoms with Crippen molar-refractivity contribution in [2.75, 3.05) is 0 Å². The van der Waals surface area contributed by atoms with Gasteiger partial charge in [0.25, 0.3) is 0 Å². The molecule has 1 aromatic carbocycles. The van der Waals surface area contributed by atoms with Crippen molar-refractivity contribution < 1.29 is 9.94 Å². The van der Waals surface area contributed by atoms with E-state index in [4.69, 9.17) is 15.7 Å². The molecular weight excluding hydrogens is 244 g/mol. The Morgan fingerprint density at radius 3 is 2.58 bits per heavy atom. The van der Waals surface area contributed by atoms with E-state index in [1.807, 2.05) is 32.0 Å². The molecule has 0 radical (unpaired) electrons. The monoisotopic (exact) mass is 258 g/mol. The summed E-state index contributed by atoms with van der Waals surface area (Å²) < 4.78 is 5.56. The van der Waals surface area contributed by atoms with Crippen LogP contribution < -0.4 is 10.5 Å². The summed E-state index contributed by atoms with van der Waals surface area (Å²) in [5, 5.41) is 11.5. The highest BCUT2D eigenvalue weighted by Crippen LogP contribution is 2.20. The molecule has 3 N–H and O–H groups in total. The summed E-state index contributed by atoms with van der Waals surface area (Å²) >= 11 is 0. The third kappa shape index (κ3) is 3.19. The van der Waals surface area contributed by atoms with Gasteiger partial charge in [-0.25, -0.2) is 4.98 Å². The highest BCUT2D eigenvalue weighted by Gasteiger charge is 2.06. The summed E-state index contributed by atoms with van der Waals surface area (Å²) in [7, 11) is 0. The second-order valence-electron chi connectivity index (χ2n) is 4.14. The number of aromatic nitrogens is 2. The largest absolute Gasteiger partial charge is 0.424 e. The zero-order chi connectivity index (χ0) is 13.8. The van der Waals surface area contributed by atoms with Crippen LogP contribution in [0.4, 0.5) is 0 Å². The Labute approximate surface area is 110 Å². The molecule has 0 aliphatic carbocycles. The third-order valence-corrected chi connectivity index (χ3v) is 2.41. The lowest BCUT2D eigenvalue weighted by Crippen LogP contribution is -2.15. The molecule has 0 unspecified atom stereocenters. The van der Waals surface area contributed by atoms with E-state index >= 15 is 0 Å². The van der Waals surface area contributed by atoms with Crippen LogP contribution >= 0.6 is 0 Å². The van der Waals surface area contributed by atoms with Gasteiger partial charge in [-0.05, 0) is 43.2 Å². The first-order valence-corrected chi connectivity index (χ1v) is 5.65. The van der Waals surface area contributed by atoms with Gasteiger partial charge in [0.05, 0.1) is 0 Å². The van der Waals surface area contributed by atoms with Gasteiger partial charge in [0.1, 0.15) is 11.4 Å². The summed E-state index contributed by atoms with van der Waals surface area (Å²) in [6.45, 7) is 3.96. The van der Waals surface area contributed by atoms with E-state index in [2.05, 4.69) is 15.1 Å². The number of rotatable bonds is 3. The first-order chi connectivity index (χ1) is 9.08. The second-order valence-corrected chi connectivity index (χ2v) is 4.14. The van der Waals surface area contributed by atoms with Crippen molar-refractivity contribution in [3.63, 3.8) is 0 Å². The molecule has 0 aliphatic heterocycles. The Balaban J connectivity index is 2.28. The maximum atomic E-state index is 8.60. The molecule has 0 aliphatic rings. The fourth-order valence-electron chi connectivity index (χ4n) is 1.68. The van der Waals surface area contributed by atoms with Gasteiger partial charge in [-0.15, -0.1) is 0 Å². The van der Waals surface area contributed by atoms with Crippen LogP contribution in [0.15, 0.2) is 35.6 Å². The fourth-order valence-corrected chi connectivity index (χ4v) is 1.68. The van der Waals surface area contributed by atoms with E-state index in [1.54, 1.807) is 0 Å². The molecule has 2 aromatic rings. The summed E-state index contributed by atoms with van der Waals surface area (Å²) in [4.78, 5) is 8.03. The predicted molar refractivity (Wildman–Crippen MR) is 70.5 cm³/mol. The molecule has 98 valence electrons. The molecule has 0 saturated carbocycles. The van der Waals surface area contributed by atoms with Gasteiger partial charge in [-0.2, -0.15) is 4.98 Å². The zero-order valence-electron chi connectivity index (χ0n) is 10.7. The molecule has 6 nitrogen and oxygen atoms in total. The molecular formula is C13H14N4O2. The summed E-state index contributed by atoms with van der Waals surface area (Å²) in [6, 6.07) is 7.48. The van der Waals surface area contributed by atoms with Crippen molar-refractivity contribution >= 4 is 5.84 Å². The molecule has 6 heteroatoms. The van der Waals surface area contributed by atoms with Gasteiger partial charge >= 0.3 is 6.01 Å². The normalized spacial score (nSPS) is 11.4. The van der Waals surface area contributed by atoms with Crippen LogP contribution in [0.2, 0.25) is 0 Å². The van der Waals surface area contributed by atoms with Gasteiger partial charge in [-0.1, -0.05) is 11.2 Å². The van der Waals surface area contributed by atoms with E-state index in [0.717, 1.165) is 11.1 Å². The van der Waals surface area contributed by atoms with E-state index < -0.39 is 0 Å². The highest BCUT2D eigenvalue weighted by molar-refractivity contribution is 5.95. The number of benzene rings is 1. The van der Waals surface area contributed by atoms with Crippen molar-refractivity contribution in [2.45, 2.75) is 13.8 Å². The smallest absolute Gasteiger partial charge is 0.322 e. The number of aryl methyl sites for hydroxylation is 2. The Morgan fingerprint density at radius 1 is 1.26 bits per heavy atom. The Kier molecular flexibility index (Phi) is 3.61. The maximum Gasteiger partial charge on any atom is 0.322 e. The highest BCUT2D eigenvalue weighted by atomic mass is 16.5. The maximum absolute atomic E-state index is 8.60. The van der Waals surface area contributed by atoms with Gasteiger partial charge in [0.15, 0.2) is 5.84 Å². The van der Waals surface area contributed by atoms with E-state index in [-0.39, 0.29) is 11.8 Å². The second kappa shape index (κ2) is 5.34. The minimum atomic E-state index is -0.0901. The van der Waals surface area contributed by atoms with Gasteiger partial charge in [0.2, 0.25) is 0 Å². The van der Waals surface area contributed by atoms with Crippen molar-refractivity contribution in [3.05, 3.63) is 47.3 Å². The van der Waals surface area contributed by atoms with Crippen LogP contribution in [0, 0.1) is 13.8 Å². The molecule has 19 heavy (non-hydrogen) atoms. The Morgan fingerprint density at radius 2 is 1.95 bits per heavy atom. The summed E-state index contributed by atoms with van der Waals surface area (Å²) in [5.41, 5.74) is 7.93.